The van der Waals surface area contributed by atoms with Gasteiger partial charge in [0.05, 0.1) is 0 Å². The Morgan fingerprint density at radius 1 is 1.17 bits per heavy atom. The molecule has 1 saturated carbocycles. The van der Waals surface area contributed by atoms with Gasteiger partial charge in [0.15, 0.2) is 5.96 Å². The van der Waals surface area contributed by atoms with Gasteiger partial charge in [-0.2, -0.15) is 0 Å². The van der Waals surface area contributed by atoms with E-state index >= 15 is 0 Å². The third kappa shape index (κ3) is 7.72. The van der Waals surface area contributed by atoms with Crippen molar-refractivity contribution in [2.24, 2.45) is 16.8 Å². The summed E-state index contributed by atoms with van der Waals surface area (Å²) in [7, 11) is 1.72. The summed E-state index contributed by atoms with van der Waals surface area (Å²) in [4.78, 5) is 18.6. The van der Waals surface area contributed by atoms with Gasteiger partial charge in [0.25, 0.3) is 0 Å². The number of guanidine groups is 1. The zero-order valence-electron chi connectivity index (χ0n) is 14.6. The normalized spacial score (nSPS) is 19.2. The highest BCUT2D eigenvalue weighted by Gasteiger charge is 2.23. The maximum atomic E-state index is 11.5. The molecule has 0 radical (unpaired) electrons. The van der Waals surface area contributed by atoms with Crippen LogP contribution in [0.1, 0.15) is 51.9 Å². The fourth-order valence-corrected chi connectivity index (χ4v) is 3.11. The second-order valence-electron chi connectivity index (χ2n) is 6.63. The van der Waals surface area contributed by atoms with Crippen LogP contribution >= 0.6 is 24.0 Å². The first-order valence-corrected chi connectivity index (χ1v) is 8.96. The van der Waals surface area contributed by atoms with Crippen LogP contribution in [0.5, 0.6) is 0 Å². The lowest BCUT2D eigenvalue weighted by Crippen LogP contribution is -2.46. The average molecular weight is 436 g/mol. The van der Waals surface area contributed by atoms with Crippen molar-refractivity contribution in [3.8, 4) is 0 Å². The van der Waals surface area contributed by atoms with Crippen molar-refractivity contribution in [3.63, 3.8) is 0 Å². The molecule has 1 aliphatic carbocycles. The molecular formula is C17H33IN4O. The zero-order chi connectivity index (χ0) is 15.8. The van der Waals surface area contributed by atoms with Gasteiger partial charge in [-0.15, -0.1) is 24.0 Å². The van der Waals surface area contributed by atoms with Gasteiger partial charge in [-0.05, 0) is 44.4 Å². The van der Waals surface area contributed by atoms with Crippen molar-refractivity contribution in [2.45, 2.75) is 51.9 Å². The van der Waals surface area contributed by atoms with E-state index in [4.69, 9.17) is 4.99 Å². The quantitative estimate of drug-likeness (QED) is 0.279. The molecule has 0 bridgehead atoms. The third-order valence-electron chi connectivity index (χ3n) is 4.73. The Hall–Kier alpha value is -0.530. The number of hydrogen-bond acceptors (Lipinski definition) is 2. The van der Waals surface area contributed by atoms with Crippen LogP contribution in [0.25, 0.3) is 0 Å². The number of rotatable bonds is 7. The van der Waals surface area contributed by atoms with Crippen molar-refractivity contribution in [1.82, 2.24) is 15.5 Å². The highest BCUT2D eigenvalue weighted by molar-refractivity contribution is 14.0. The van der Waals surface area contributed by atoms with Gasteiger partial charge in [0.1, 0.15) is 0 Å². The van der Waals surface area contributed by atoms with E-state index < -0.39 is 0 Å². The fourth-order valence-electron chi connectivity index (χ4n) is 3.11. The number of hydrogen-bond donors (Lipinski definition) is 2. The molecule has 2 fully saturated rings. The Morgan fingerprint density at radius 2 is 1.87 bits per heavy atom. The van der Waals surface area contributed by atoms with Crippen molar-refractivity contribution in [1.29, 1.82) is 0 Å². The minimum atomic E-state index is 0. The fraction of sp³-hybridized carbons (Fsp3) is 0.882. The van der Waals surface area contributed by atoms with Gasteiger partial charge in [0.2, 0.25) is 5.91 Å². The Bertz CT molecular complexity index is 377. The first-order valence-electron chi connectivity index (χ1n) is 8.96. The molecule has 2 N–H and O–H groups in total. The summed E-state index contributed by atoms with van der Waals surface area (Å²) < 4.78 is 0. The van der Waals surface area contributed by atoms with Gasteiger partial charge in [-0.3, -0.25) is 9.79 Å². The van der Waals surface area contributed by atoms with E-state index in [1.165, 1.54) is 25.7 Å². The molecule has 6 heteroatoms. The highest BCUT2D eigenvalue weighted by atomic mass is 127. The van der Waals surface area contributed by atoms with Crippen molar-refractivity contribution >= 4 is 35.8 Å². The molecule has 5 nitrogen and oxygen atoms in total. The molecule has 0 spiro atoms. The monoisotopic (exact) mass is 436 g/mol. The molecule has 0 unspecified atom stereocenters. The molecule has 0 aromatic carbocycles. The Kier molecular flexibility index (Phi) is 9.90. The number of halogens is 1. The minimum absolute atomic E-state index is 0. The average Bonchev–Trinajstić information content (AvgIpc) is 3.35. The number of amides is 1. The van der Waals surface area contributed by atoms with E-state index in [1.807, 2.05) is 0 Å². The van der Waals surface area contributed by atoms with Crippen LogP contribution < -0.4 is 10.6 Å². The third-order valence-corrected chi connectivity index (χ3v) is 4.73. The first-order chi connectivity index (χ1) is 10.7. The standard InChI is InChI=1S/C17H32N4O.HI/c1-3-19-17(20-10-4-5-14-6-7-14)21-11-8-15(9-12-21)13-16(22)18-2;/h14-15H,3-13H2,1-2H3,(H,18,22)(H,19,20);1H. The highest BCUT2D eigenvalue weighted by Crippen LogP contribution is 2.33. The van der Waals surface area contributed by atoms with Crippen LogP contribution in [0.15, 0.2) is 4.99 Å². The number of likely N-dealkylation sites (tertiary alicyclic amines) is 1. The van der Waals surface area contributed by atoms with Crippen LogP contribution in [0.2, 0.25) is 0 Å². The van der Waals surface area contributed by atoms with Gasteiger partial charge < -0.3 is 15.5 Å². The Morgan fingerprint density at radius 3 is 2.43 bits per heavy atom. The second-order valence-corrected chi connectivity index (χ2v) is 6.63. The van der Waals surface area contributed by atoms with Crippen molar-refractivity contribution in [2.75, 3.05) is 33.2 Å². The topological polar surface area (TPSA) is 56.7 Å². The number of carbonyl (C=O) groups excluding carboxylic acids is 1. The SMILES string of the molecule is CCNC(=NCCCC1CC1)N1CCC(CC(=O)NC)CC1.I. The number of nitrogens with one attached hydrogen (secondary N) is 2. The Labute approximate surface area is 158 Å². The molecule has 0 aromatic rings. The summed E-state index contributed by atoms with van der Waals surface area (Å²) in [6, 6.07) is 0. The molecule has 1 amide bonds. The summed E-state index contributed by atoms with van der Waals surface area (Å²) in [5.41, 5.74) is 0. The lowest BCUT2D eigenvalue weighted by atomic mass is 9.93. The summed E-state index contributed by atoms with van der Waals surface area (Å²) in [6.07, 6.45) is 8.26. The summed E-state index contributed by atoms with van der Waals surface area (Å²) in [5.74, 6) is 2.75. The maximum absolute atomic E-state index is 11.5. The van der Waals surface area contributed by atoms with E-state index in [-0.39, 0.29) is 29.9 Å². The van der Waals surface area contributed by atoms with Crippen LogP contribution in [0.4, 0.5) is 0 Å². The van der Waals surface area contributed by atoms with Crippen LogP contribution in [0, 0.1) is 11.8 Å². The number of piperidine rings is 1. The van der Waals surface area contributed by atoms with Crippen molar-refractivity contribution < 1.29 is 4.79 Å². The summed E-state index contributed by atoms with van der Waals surface area (Å²) >= 11 is 0. The summed E-state index contributed by atoms with van der Waals surface area (Å²) in [6.45, 7) is 6.00. The molecule has 1 saturated heterocycles. The Balaban J connectivity index is 0.00000264. The van der Waals surface area contributed by atoms with E-state index in [2.05, 4.69) is 22.5 Å². The van der Waals surface area contributed by atoms with Gasteiger partial charge in [0, 0.05) is 39.6 Å². The molecule has 2 aliphatic rings. The van der Waals surface area contributed by atoms with Gasteiger partial charge >= 0.3 is 0 Å². The predicted molar refractivity (Wildman–Crippen MR) is 106 cm³/mol. The lowest BCUT2D eigenvalue weighted by molar-refractivity contribution is -0.121. The van der Waals surface area contributed by atoms with E-state index in [0.29, 0.717) is 12.3 Å². The van der Waals surface area contributed by atoms with E-state index in [9.17, 15) is 4.79 Å². The molecule has 1 heterocycles. The van der Waals surface area contributed by atoms with Crippen LogP contribution in [-0.2, 0) is 4.79 Å². The maximum Gasteiger partial charge on any atom is 0.220 e. The first kappa shape index (κ1) is 20.5. The molecular weight excluding hydrogens is 403 g/mol. The molecule has 2 rings (SSSR count). The van der Waals surface area contributed by atoms with E-state index in [1.54, 1.807) is 7.05 Å². The number of nitrogens with zero attached hydrogens (tertiary/aromatic N) is 2. The van der Waals surface area contributed by atoms with Gasteiger partial charge in [-0.1, -0.05) is 12.8 Å². The van der Waals surface area contributed by atoms with Crippen molar-refractivity contribution in [3.05, 3.63) is 0 Å². The molecule has 0 atom stereocenters. The van der Waals surface area contributed by atoms with Crippen LogP contribution in [0.3, 0.4) is 0 Å². The minimum Gasteiger partial charge on any atom is -0.359 e. The number of carbonyl (C=O) groups is 1. The summed E-state index contributed by atoms with van der Waals surface area (Å²) in [5, 5.41) is 6.15. The van der Waals surface area contributed by atoms with Crippen LogP contribution in [-0.4, -0.2) is 50.0 Å². The second kappa shape index (κ2) is 11.1. The number of aliphatic imine (C=N–C) groups is 1. The van der Waals surface area contributed by atoms with E-state index in [0.717, 1.165) is 50.9 Å². The van der Waals surface area contributed by atoms with Gasteiger partial charge in [-0.25, -0.2) is 0 Å². The lowest BCUT2D eigenvalue weighted by Gasteiger charge is -2.34. The molecule has 23 heavy (non-hydrogen) atoms. The molecule has 1 aliphatic heterocycles. The molecule has 134 valence electrons. The smallest absolute Gasteiger partial charge is 0.220 e. The predicted octanol–water partition coefficient (Wildman–Crippen LogP) is 2.61. The molecule has 0 aromatic heterocycles. The largest absolute Gasteiger partial charge is 0.359 e. The zero-order valence-corrected chi connectivity index (χ0v) is 17.0.